The van der Waals surface area contributed by atoms with Crippen molar-refractivity contribution in [3.63, 3.8) is 0 Å². The SMILES string of the molecule is C.OP(O)(O)=S.OP(O)(O)=S.c1ccccc1.c1ccccc1. The van der Waals surface area contributed by atoms with Gasteiger partial charge in [-0.1, -0.05) is 80.2 Å². The first-order chi connectivity index (χ1) is 10.0. The third-order valence-corrected chi connectivity index (χ3v) is 1.33. The van der Waals surface area contributed by atoms with Gasteiger partial charge < -0.3 is 29.4 Å². The van der Waals surface area contributed by atoms with E-state index in [9.17, 15) is 0 Å². The van der Waals surface area contributed by atoms with E-state index < -0.39 is 13.4 Å². The van der Waals surface area contributed by atoms with Gasteiger partial charge >= 0.3 is 13.4 Å². The molecule has 2 rings (SSSR count). The van der Waals surface area contributed by atoms with Crippen LogP contribution >= 0.6 is 13.4 Å². The molecule has 0 aliphatic carbocycles. The lowest BCUT2D eigenvalue weighted by Crippen LogP contribution is -1.65. The summed E-state index contributed by atoms with van der Waals surface area (Å²) in [6, 6.07) is 24.0. The van der Waals surface area contributed by atoms with Gasteiger partial charge in [-0.25, -0.2) is 0 Å². The smallest absolute Gasteiger partial charge is 0.319 e. The van der Waals surface area contributed by atoms with E-state index in [0.29, 0.717) is 0 Å². The highest BCUT2D eigenvalue weighted by molar-refractivity contribution is 8.06. The van der Waals surface area contributed by atoms with E-state index in [-0.39, 0.29) is 7.43 Å². The quantitative estimate of drug-likeness (QED) is 0.373. The fourth-order valence-corrected chi connectivity index (χ4v) is 0.770. The summed E-state index contributed by atoms with van der Waals surface area (Å²) >= 11 is 7.21. The number of rotatable bonds is 0. The van der Waals surface area contributed by atoms with Crippen LogP contribution in [0.25, 0.3) is 0 Å². The largest absolute Gasteiger partial charge is 0.325 e. The molecule has 0 saturated heterocycles. The van der Waals surface area contributed by atoms with Gasteiger partial charge in [-0.05, 0) is 23.6 Å². The van der Waals surface area contributed by atoms with E-state index in [2.05, 4.69) is 23.6 Å². The van der Waals surface area contributed by atoms with Crippen LogP contribution in [-0.4, -0.2) is 29.4 Å². The van der Waals surface area contributed by atoms with Crippen molar-refractivity contribution in [3.8, 4) is 0 Å². The van der Waals surface area contributed by atoms with Gasteiger partial charge in [0.1, 0.15) is 0 Å². The third kappa shape index (κ3) is 61.8. The lowest BCUT2D eigenvalue weighted by atomic mass is 10.4. The molecule has 23 heavy (non-hydrogen) atoms. The first-order valence-electron chi connectivity index (χ1n) is 5.57. The topological polar surface area (TPSA) is 121 Å². The second kappa shape index (κ2) is 16.4. The van der Waals surface area contributed by atoms with Crippen molar-refractivity contribution < 1.29 is 29.4 Å². The van der Waals surface area contributed by atoms with Gasteiger partial charge in [0.2, 0.25) is 0 Å². The van der Waals surface area contributed by atoms with Crippen LogP contribution in [0.4, 0.5) is 0 Å². The van der Waals surface area contributed by atoms with Crippen LogP contribution in [-0.2, 0) is 23.6 Å². The summed E-state index contributed by atoms with van der Waals surface area (Å²) in [6.07, 6.45) is 0. The summed E-state index contributed by atoms with van der Waals surface area (Å²) in [4.78, 5) is 45.3. The Kier molecular flexibility index (Phi) is 19.5. The van der Waals surface area contributed by atoms with E-state index >= 15 is 0 Å². The van der Waals surface area contributed by atoms with Gasteiger partial charge in [0.15, 0.2) is 0 Å². The third-order valence-electron chi connectivity index (χ3n) is 1.33. The maximum absolute atomic E-state index is 7.56. The summed E-state index contributed by atoms with van der Waals surface area (Å²) in [6.45, 7) is -7.61. The Morgan fingerprint density at radius 1 is 0.391 bits per heavy atom. The molecule has 0 radical (unpaired) electrons. The second-order valence-electron chi connectivity index (χ2n) is 3.34. The molecule has 0 unspecified atom stereocenters. The van der Waals surface area contributed by atoms with Crippen LogP contribution < -0.4 is 0 Å². The molecule has 0 amide bonds. The molecule has 2 aromatic rings. The van der Waals surface area contributed by atoms with E-state index in [0.717, 1.165) is 0 Å². The Balaban J connectivity index is -0.000000230. The average molecular weight is 400 g/mol. The summed E-state index contributed by atoms with van der Waals surface area (Å²) in [5.41, 5.74) is 0. The summed E-state index contributed by atoms with van der Waals surface area (Å²) in [7, 11) is 0. The minimum Gasteiger partial charge on any atom is -0.325 e. The molecule has 132 valence electrons. The molecule has 6 nitrogen and oxygen atoms in total. The van der Waals surface area contributed by atoms with Crippen LogP contribution in [0.1, 0.15) is 7.43 Å². The lowest BCUT2D eigenvalue weighted by Gasteiger charge is -1.88. The van der Waals surface area contributed by atoms with E-state index in [1.165, 1.54) is 0 Å². The fourth-order valence-electron chi connectivity index (χ4n) is 0.770. The van der Waals surface area contributed by atoms with Crippen LogP contribution in [0.15, 0.2) is 72.8 Å². The van der Waals surface area contributed by atoms with Gasteiger partial charge in [0, 0.05) is 0 Å². The zero-order valence-electron chi connectivity index (χ0n) is 11.3. The predicted molar refractivity (Wildman–Crippen MR) is 101 cm³/mol. The highest BCUT2D eigenvalue weighted by Gasteiger charge is 1.92. The second-order valence-corrected chi connectivity index (χ2v) is 8.33. The summed E-state index contributed by atoms with van der Waals surface area (Å²) in [5, 5.41) is 0. The Bertz CT molecular complexity index is 423. The Hall–Kier alpha value is -0.500. The fraction of sp³-hybridized carbons (Fsp3) is 0.0769. The first-order valence-corrected chi connectivity index (χ1v) is 10.9. The van der Waals surface area contributed by atoms with Crippen molar-refractivity contribution >= 4 is 37.1 Å². The lowest BCUT2D eigenvalue weighted by molar-refractivity contribution is 0.361. The van der Waals surface area contributed by atoms with Crippen molar-refractivity contribution in [1.29, 1.82) is 0 Å². The molecule has 0 atom stereocenters. The molecule has 0 fully saturated rings. The molecule has 0 heterocycles. The highest BCUT2D eigenvalue weighted by Crippen LogP contribution is 2.26. The Labute approximate surface area is 146 Å². The molecule has 0 aliphatic rings. The van der Waals surface area contributed by atoms with E-state index in [1.54, 1.807) is 0 Å². The van der Waals surface area contributed by atoms with E-state index in [4.69, 9.17) is 29.4 Å². The maximum atomic E-state index is 7.56. The molecule has 0 aliphatic heterocycles. The van der Waals surface area contributed by atoms with Gasteiger partial charge in [0.25, 0.3) is 0 Å². The maximum Gasteiger partial charge on any atom is 0.319 e. The van der Waals surface area contributed by atoms with Crippen LogP contribution in [0.5, 0.6) is 0 Å². The number of benzene rings is 2. The minimum absolute atomic E-state index is 0. The molecular weight excluding hydrogens is 378 g/mol. The standard InChI is InChI=1S/2C6H6.CH4.2H3O3PS/c2*1-2-4-6-5-3-1;;2*1-4(2,3)5/h2*1-6H;1H4;2*(H3,1,2,3,5). The molecule has 10 heteroatoms. The number of hydrogen-bond acceptors (Lipinski definition) is 2. The van der Waals surface area contributed by atoms with Gasteiger partial charge in [0.05, 0.1) is 0 Å². The minimum atomic E-state index is -3.81. The Morgan fingerprint density at radius 3 is 0.478 bits per heavy atom. The van der Waals surface area contributed by atoms with Crippen molar-refractivity contribution in [2.75, 3.05) is 0 Å². The van der Waals surface area contributed by atoms with Gasteiger partial charge in [-0.3, -0.25) is 0 Å². The molecule has 0 saturated carbocycles. The zero-order chi connectivity index (χ0) is 17.5. The molecular formula is C13H22O6P2S2. The zero-order valence-corrected chi connectivity index (χ0v) is 14.7. The van der Waals surface area contributed by atoms with Crippen molar-refractivity contribution in [1.82, 2.24) is 0 Å². The monoisotopic (exact) mass is 400 g/mol. The van der Waals surface area contributed by atoms with Crippen LogP contribution in [0.2, 0.25) is 0 Å². The molecule has 0 aromatic heterocycles. The molecule has 6 N–H and O–H groups in total. The normalized spacial score (nSPS) is 9.30. The molecule has 2 aromatic carbocycles. The van der Waals surface area contributed by atoms with Crippen molar-refractivity contribution in [2.24, 2.45) is 0 Å². The van der Waals surface area contributed by atoms with Gasteiger partial charge in [-0.15, -0.1) is 0 Å². The average Bonchev–Trinajstić information content (AvgIpc) is 2.40. The van der Waals surface area contributed by atoms with Gasteiger partial charge in [-0.2, -0.15) is 0 Å². The molecule has 0 bridgehead atoms. The summed E-state index contributed by atoms with van der Waals surface area (Å²) in [5.74, 6) is 0. The van der Waals surface area contributed by atoms with Crippen LogP contribution in [0.3, 0.4) is 0 Å². The summed E-state index contributed by atoms with van der Waals surface area (Å²) < 4.78 is 0. The highest BCUT2D eigenvalue weighted by atomic mass is 32.5. The van der Waals surface area contributed by atoms with E-state index in [1.807, 2.05) is 72.8 Å². The molecule has 0 spiro atoms. The number of hydrogen-bond donors (Lipinski definition) is 6. The van der Waals surface area contributed by atoms with Crippen molar-refractivity contribution in [3.05, 3.63) is 72.8 Å². The van der Waals surface area contributed by atoms with Crippen LogP contribution in [0, 0.1) is 0 Å². The first kappa shape index (κ1) is 27.4. The van der Waals surface area contributed by atoms with Crippen molar-refractivity contribution in [2.45, 2.75) is 7.43 Å². The predicted octanol–water partition coefficient (Wildman–Crippen LogP) is 2.38. The Morgan fingerprint density at radius 2 is 0.435 bits per heavy atom.